The summed E-state index contributed by atoms with van der Waals surface area (Å²) in [5.41, 5.74) is 0. The lowest BCUT2D eigenvalue weighted by Gasteiger charge is -2.30. The highest BCUT2D eigenvalue weighted by Gasteiger charge is 2.18. The number of rotatable bonds is 5. The Bertz CT molecular complexity index is 159. The molecule has 0 aromatic rings. The quantitative estimate of drug-likeness (QED) is 0.680. The molecule has 0 aromatic carbocycles. The summed E-state index contributed by atoms with van der Waals surface area (Å²) in [6.07, 6.45) is 1.51. The molecule has 0 radical (unpaired) electrons. The van der Waals surface area contributed by atoms with Crippen LogP contribution in [0.3, 0.4) is 0 Å². The lowest BCUT2D eigenvalue weighted by molar-refractivity contribution is -0.00602. The molecule has 1 heterocycles. The van der Waals surface area contributed by atoms with Crippen molar-refractivity contribution in [2.45, 2.75) is 24.7 Å². The van der Waals surface area contributed by atoms with Crippen molar-refractivity contribution >= 4 is 23.4 Å². The minimum absolute atomic E-state index is 0.413. The molecule has 84 valence electrons. The van der Waals surface area contributed by atoms with E-state index in [0.29, 0.717) is 11.4 Å². The number of hydrogen-bond donors (Lipinski definition) is 0. The first-order valence-corrected chi connectivity index (χ1v) is 6.78. The van der Waals surface area contributed by atoms with Crippen LogP contribution in [-0.2, 0) is 4.74 Å². The summed E-state index contributed by atoms with van der Waals surface area (Å²) in [5.74, 6) is 1.86. The molecule has 2 atom stereocenters. The Hall–Kier alpha value is 0.560. The lowest BCUT2D eigenvalue weighted by Crippen LogP contribution is -2.41. The number of morpholine rings is 1. The van der Waals surface area contributed by atoms with Gasteiger partial charge in [0, 0.05) is 30.0 Å². The van der Waals surface area contributed by atoms with E-state index in [2.05, 4.69) is 18.9 Å². The minimum Gasteiger partial charge on any atom is -0.375 e. The van der Waals surface area contributed by atoms with Crippen LogP contribution in [0.2, 0.25) is 0 Å². The Morgan fingerprint density at radius 1 is 1.64 bits per heavy atom. The fraction of sp³-hybridized carbons (Fsp3) is 1.00. The van der Waals surface area contributed by atoms with Crippen molar-refractivity contribution < 1.29 is 4.74 Å². The highest BCUT2D eigenvalue weighted by atomic mass is 35.5. The third-order valence-corrected chi connectivity index (χ3v) is 4.01. The van der Waals surface area contributed by atoms with Crippen LogP contribution in [0.4, 0.5) is 0 Å². The Morgan fingerprint density at radius 3 is 3.07 bits per heavy atom. The first-order valence-electron chi connectivity index (χ1n) is 5.20. The highest BCUT2D eigenvalue weighted by molar-refractivity contribution is 7.99. The fourth-order valence-electron chi connectivity index (χ4n) is 1.48. The van der Waals surface area contributed by atoms with Crippen LogP contribution >= 0.6 is 23.4 Å². The molecular formula is C10H20ClNOS. The van der Waals surface area contributed by atoms with Gasteiger partial charge in [0.1, 0.15) is 0 Å². The summed E-state index contributed by atoms with van der Waals surface area (Å²) in [5, 5.41) is 0.656. The second kappa shape index (κ2) is 6.94. The van der Waals surface area contributed by atoms with Gasteiger partial charge in [-0.05, 0) is 13.5 Å². The number of hydrogen-bond acceptors (Lipinski definition) is 3. The van der Waals surface area contributed by atoms with Gasteiger partial charge in [0.05, 0.1) is 12.7 Å². The molecular weight excluding hydrogens is 218 g/mol. The Balaban J connectivity index is 2.10. The van der Waals surface area contributed by atoms with Crippen molar-refractivity contribution in [1.29, 1.82) is 0 Å². The highest BCUT2D eigenvalue weighted by Crippen LogP contribution is 2.18. The molecule has 14 heavy (non-hydrogen) atoms. The molecule has 2 nitrogen and oxygen atoms in total. The Kier molecular flexibility index (Phi) is 6.26. The largest absolute Gasteiger partial charge is 0.375 e. The molecule has 0 spiro atoms. The Morgan fingerprint density at radius 2 is 2.43 bits per heavy atom. The van der Waals surface area contributed by atoms with E-state index in [-0.39, 0.29) is 0 Å². The summed E-state index contributed by atoms with van der Waals surface area (Å²) in [6.45, 7) is 5.25. The van der Waals surface area contributed by atoms with Crippen molar-refractivity contribution in [3.8, 4) is 0 Å². The summed E-state index contributed by atoms with van der Waals surface area (Å²) in [6, 6.07) is 0. The van der Waals surface area contributed by atoms with Crippen LogP contribution in [0.15, 0.2) is 0 Å². The SMILES string of the molecule is CC(CCCl)SCC1CN(C)CCO1. The first-order chi connectivity index (χ1) is 6.72. The standard InChI is InChI=1S/C10H20ClNOS/c1-9(3-4-11)14-8-10-7-12(2)5-6-13-10/h9-10H,3-8H2,1-2H3. The molecule has 1 rings (SSSR count). The second-order valence-corrected chi connectivity index (χ2v) is 5.73. The molecule has 2 unspecified atom stereocenters. The molecule has 1 fully saturated rings. The average molecular weight is 238 g/mol. The predicted molar refractivity (Wildman–Crippen MR) is 64.5 cm³/mol. The molecule has 0 aliphatic carbocycles. The zero-order valence-corrected chi connectivity index (χ0v) is 10.6. The third kappa shape index (κ3) is 4.87. The fourth-order valence-corrected chi connectivity index (χ4v) is 2.96. The first kappa shape index (κ1) is 12.6. The smallest absolute Gasteiger partial charge is 0.0792 e. The predicted octanol–water partition coefficient (Wildman–Crippen LogP) is 2.07. The van der Waals surface area contributed by atoms with Crippen LogP contribution in [0.5, 0.6) is 0 Å². The van der Waals surface area contributed by atoms with E-state index in [1.807, 2.05) is 11.8 Å². The number of thioether (sulfide) groups is 1. The van der Waals surface area contributed by atoms with Crippen LogP contribution in [-0.4, -0.2) is 54.6 Å². The van der Waals surface area contributed by atoms with E-state index >= 15 is 0 Å². The average Bonchev–Trinajstić information content (AvgIpc) is 2.15. The van der Waals surface area contributed by atoms with E-state index in [4.69, 9.17) is 16.3 Å². The van der Waals surface area contributed by atoms with E-state index in [1.165, 1.54) is 0 Å². The summed E-state index contributed by atoms with van der Waals surface area (Å²) in [4.78, 5) is 2.33. The molecule has 0 saturated carbocycles. The zero-order valence-electron chi connectivity index (χ0n) is 9.04. The van der Waals surface area contributed by atoms with Crippen LogP contribution in [0, 0.1) is 0 Å². The molecule has 0 N–H and O–H groups in total. The van der Waals surface area contributed by atoms with Crippen molar-refractivity contribution in [2.75, 3.05) is 38.4 Å². The molecule has 1 saturated heterocycles. The molecule has 4 heteroatoms. The summed E-state index contributed by atoms with van der Waals surface area (Å²) in [7, 11) is 2.16. The summed E-state index contributed by atoms with van der Waals surface area (Å²) < 4.78 is 5.68. The number of halogens is 1. The van der Waals surface area contributed by atoms with Crippen LogP contribution < -0.4 is 0 Å². The van der Waals surface area contributed by atoms with E-state index in [0.717, 1.165) is 37.8 Å². The maximum absolute atomic E-state index is 5.69. The van der Waals surface area contributed by atoms with Gasteiger partial charge in [-0.15, -0.1) is 11.6 Å². The van der Waals surface area contributed by atoms with Gasteiger partial charge in [0.15, 0.2) is 0 Å². The molecule has 1 aliphatic rings. The Labute approximate surface area is 96.3 Å². The number of nitrogens with zero attached hydrogens (tertiary/aromatic N) is 1. The van der Waals surface area contributed by atoms with Gasteiger partial charge in [-0.3, -0.25) is 0 Å². The van der Waals surface area contributed by atoms with Crippen molar-refractivity contribution in [3.63, 3.8) is 0 Å². The topological polar surface area (TPSA) is 12.5 Å². The van der Waals surface area contributed by atoms with Crippen molar-refractivity contribution in [3.05, 3.63) is 0 Å². The van der Waals surface area contributed by atoms with Gasteiger partial charge in [0.2, 0.25) is 0 Å². The zero-order chi connectivity index (χ0) is 10.4. The van der Waals surface area contributed by atoms with E-state index in [1.54, 1.807) is 0 Å². The van der Waals surface area contributed by atoms with Gasteiger partial charge in [-0.2, -0.15) is 11.8 Å². The van der Waals surface area contributed by atoms with E-state index < -0.39 is 0 Å². The van der Waals surface area contributed by atoms with Gasteiger partial charge < -0.3 is 9.64 Å². The normalized spacial score (nSPS) is 26.4. The lowest BCUT2D eigenvalue weighted by atomic mass is 10.3. The number of alkyl halides is 1. The number of likely N-dealkylation sites (N-methyl/N-ethyl adjacent to an activating group) is 1. The van der Waals surface area contributed by atoms with Crippen LogP contribution in [0.25, 0.3) is 0 Å². The second-order valence-electron chi connectivity index (χ2n) is 3.88. The van der Waals surface area contributed by atoms with Crippen molar-refractivity contribution in [2.24, 2.45) is 0 Å². The minimum atomic E-state index is 0.413. The molecule has 0 bridgehead atoms. The third-order valence-electron chi connectivity index (χ3n) is 2.42. The molecule has 0 aromatic heterocycles. The molecule has 0 amide bonds. The van der Waals surface area contributed by atoms with Crippen molar-refractivity contribution in [1.82, 2.24) is 4.90 Å². The van der Waals surface area contributed by atoms with Gasteiger partial charge >= 0.3 is 0 Å². The van der Waals surface area contributed by atoms with Gasteiger partial charge in [-0.25, -0.2) is 0 Å². The number of ether oxygens (including phenoxy) is 1. The maximum atomic E-state index is 5.69. The van der Waals surface area contributed by atoms with E-state index in [9.17, 15) is 0 Å². The maximum Gasteiger partial charge on any atom is 0.0792 e. The van der Waals surface area contributed by atoms with Gasteiger partial charge in [-0.1, -0.05) is 6.92 Å². The monoisotopic (exact) mass is 237 g/mol. The van der Waals surface area contributed by atoms with Crippen LogP contribution in [0.1, 0.15) is 13.3 Å². The van der Waals surface area contributed by atoms with Gasteiger partial charge in [0.25, 0.3) is 0 Å². The molecule has 1 aliphatic heterocycles. The summed E-state index contributed by atoms with van der Waals surface area (Å²) >= 11 is 7.66.